The monoisotopic (exact) mass is 403 g/mol. The molecule has 0 aromatic heterocycles. The molecule has 8 heteroatoms. The molecule has 8 heavy (non-hydrogen) atoms. The molecule has 6 nitrogen and oxygen atoms in total. The molecule has 0 aromatic carbocycles. The molecule has 50 valence electrons. The number of hydrogen-bond donors (Lipinski definition) is 1. The summed E-state index contributed by atoms with van der Waals surface area (Å²) in [4.78, 5) is 0. The first kappa shape index (κ1) is 395. The molecular formula is H4NO5SbW. The molecule has 0 aromatic rings. The molecule has 2 radical (unpaired) electrons. The van der Waals surface area contributed by atoms with Crippen molar-refractivity contribution in [2.75, 3.05) is 0 Å². The fraction of sp³-hybridized carbons (Fsp3) is 0. The minimum absolute atomic E-state index is 0. The second-order valence-electron chi connectivity index (χ2n) is 0. The Morgan fingerprint density at radius 1 is 0.500 bits per heavy atom. The van der Waals surface area contributed by atoms with Crippen LogP contribution in [0.5, 0.6) is 0 Å². The second kappa shape index (κ2) is 272. The fourth-order valence-corrected chi connectivity index (χ4v) is 0. The maximum Gasteiger partial charge on any atom is 6.00 e. The van der Waals surface area contributed by atoms with Gasteiger partial charge < -0.3 is 33.5 Å². The van der Waals surface area contributed by atoms with Crippen molar-refractivity contribution in [3.05, 3.63) is 0 Å². The SMILES string of the molecule is [NH4+].[O-2].[O-2].[O-2].[O-2].[O-2].[Sb+3].[W+6]. The molecule has 0 aliphatic carbocycles. The molecule has 0 saturated carbocycles. The summed E-state index contributed by atoms with van der Waals surface area (Å²) in [5.74, 6) is 0. The Labute approximate surface area is 78.9 Å². The molecular weight excluding hydrogens is 400 g/mol. The van der Waals surface area contributed by atoms with E-state index in [-0.39, 0.29) is 79.0 Å². The van der Waals surface area contributed by atoms with E-state index in [1.54, 1.807) is 0 Å². The smallest absolute Gasteiger partial charge is 2.00 e. The van der Waals surface area contributed by atoms with Crippen LogP contribution in [0.25, 0.3) is 0 Å². The van der Waals surface area contributed by atoms with E-state index in [0.29, 0.717) is 0 Å². The third-order valence-corrected chi connectivity index (χ3v) is 0. The Hall–Kier alpha value is 1.27. The molecule has 0 bridgehead atoms. The summed E-state index contributed by atoms with van der Waals surface area (Å²) >= 11 is 0. The molecule has 0 fully saturated rings. The van der Waals surface area contributed by atoms with E-state index in [0.717, 1.165) is 0 Å². The van der Waals surface area contributed by atoms with Gasteiger partial charge in [-0.1, -0.05) is 0 Å². The van der Waals surface area contributed by atoms with Crippen molar-refractivity contribution in [2.45, 2.75) is 0 Å². The largest absolute Gasteiger partial charge is 6.00 e. The van der Waals surface area contributed by atoms with Crippen LogP contribution in [0.4, 0.5) is 0 Å². The van der Waals surface area contributed by atoms with Gasteiger partial charge >= 0.3 is 45.5 Å². The van der Waals surface area contributed by atoms with Gasteiger partial charge in [0.2, 0.25) is 0 Å². The summed E-state index contributed by atoms with van der Waals surface area (Å²) in [6.07, 6.45) is 0. The van der Waals surface area contributed by atoms with Crippen molar-refractivity contribution >= 4 is 24.4 Å². The van der Waals surface area contributed by atoms with Crippen molar-refractivity contribution in [3.8, 4) is 0 Å². The first-order chi connectivity index (χ1) is 0. The molecule has 0 amide bonds. The summed E-state index contributed by atoms with van der Waals surface area (Å²) in [7, 11) is 0. The molecule has 4 N–H and O–H groups in total. The Balaban J connectivity index is 0. The van der Waals surface area contributed by atoms with E-state index < -0.39 is 0 Å². The predicted molar refractivity (Wildman–Crippen MR) is 15.2 cm³/mol. The van der Waals surface area contributed by atoms with Crippen LogP contribution in [-0.2, 0) is 48.4 Å². The molecule has 0 unspecified atom stereocenters. The summed E-state index contributed by atoms with van der Waals surface area (Å²) in [6.45, 7) is 0. The topological polar surface area (TPSA) is 179 Å². The zero-order chi connectivity index (χ0) is 0. The van der Waals surface area contributed by atoms with Crippen LogP contribution in [0.3, 0.4) is 0 Å². The predicted octanol–water partition coefficient (Wildman–Crippen LogP) is -0.601. The third-order valence-electron chi connectivity index (χ3n) is 0. The van der Waals surface area contributed by atoms with Gasteiger partial charge in [-0.15, -0.1) is 0 Å². The van der Waals surface area contributed by atoms with E-state index in [1.165, 1.54) is 0 Å². The average molecular weight is 404 g/mol. The van der Waals surface area contributed by atoms with Crippen molar-refractivity contribution in [1.29, 1.82) is 0 Å². The minimum atomic E-state index is 0. The Bertz CT molecular complexity index is 12.4. The van der Waals surface area contributed by atoms with Crippen molar-refractivity contribution in [1.82, 2.24) is 6.15 Å². The first-order valence-corrected chi connectivity index (χ1v) is 0. The van der Waals surface area contributed by atoms with Crippen molar-refractivity contribution in [2.24, 2.45) is 0 Å². The summed E-state index contributed by atoms with van der Waals surface area (Å²) < 4.78 is 0. The maximum atomic E-state index is 0. The Morgan fingerprint density at radius 2 is 0.500 bits per heavy atom. The van der Waals surface area contributed by atoms with Crippen LogP contribution in [0.1, 0.15) is 0 Å². The third kappa shape index (κ3) is 178. The van der Waals surface area contributed by atoms with Gasteiger partial charge in [0.1, 0.15) is 0 Å². The fourth-order valence-electron chi connectivity index (χ4n) is 0. The van der Waals surface area contributed by atoms with Crippen LogP contribution >= 0.6 is 0 Å². The molecule has 0 heterocycles. The summed E-state index contributed by atoms with van der Waals surface area (Å²) in [5.41, 5.74) is 0. The quantitative estimate of drug-likeness (QED) is 0.508. The van der Waals surface area contributed by atoms with Gasteiger partial charge in [-0.05, 0) is 0 Å². The van der Waals surface area contributed by atoms with E-state index >= 15 is 0 Å². The van der Waals surface area contributed by atoms with Crippen LogP contribution in [-0.4, -0.2) is 24.4 Å². The molecule has 0 saturated heterocycles. The molecule has 0 spiro atoms. The van der Waals surface area contributed by atoms with Crippen LogP contribution in [0.2, 0.25) is 0 Å². The van der Waals surface area contributed by atoms with Crippen LogP contribution in [0, 0.1) is 0 Å². The molecule has 0 aliphatic rings. The van der Waals surface area contributed by atoms with Crippen molar-refractivity contribution in [3.63, 3.8) is 0 Å². The molecule has 0 rings (SSSR count). The Morgan fingerprint density at radius 3 is 0.500 bits per heavy atom. The normalized spacial score (nSPS) is 0. The zero-order valence-electron chi connectivity index (χ0n) is 3.90. The van der Waals surface area contributed by atoms with Gasteiger partial charge in [-0.3, -0.25) is 0 Å². The molecule has 0 atom stereocenters. The van der Waals surface area contributed by atoms with E-state index in [4.69, 9.17) is 0 Å². The van der Waals surface area contributed by atoms with Gasteiger partial charge in [0.15, 0.2) is 0 Å². The standard InChI is InChI=1S/H3N.5O.Sb.W/h1H3;;;;;;;/q;5*-2;+3;+6/p+1. The number of hydrogen-bond acceptors (Lipinski definition) is 0. The maximum absolute atomic E-state index is 0. The number of quaternary nitrogens is 1. The van der Waals surface area contributed by atoms with E-state index in [2.05, 4.69) is 0 Å². The van der Waals surface area contributed by atoms with Gasteiger partial charge in [0.05, 0.1) is 0 Å². The van der Waals surface area contributed by atoms with E-state index in [9.17, 15) is 0 Å². The van der Waals surface area contributed by atoms with Gasteiger partial charge in [-0.2, -0.15) is 0 Å². The number of rotatable bonds is 0. The van der Waals surface area contributed by atoms with Gasteiger partial charge in [0.25, 0.3) is 0 Å². The van der Waals surface area contributed by atoms with Gasteiger partial charge in [-0.25, -0.2) is 0 Å². The van der Waals surface area contributed by atoms with Crippen molar-refractivity contribution < 1.29 is 48.4 Å². The first-order valence-electron chi connectivity index (χ1n) is 0. The minimum Gasteiger partial charge on any atom is -2.00 e. The van der Waals surface area contributed by atoms with Gasteiger partial charge in [0, 0.05) is 0 Å². The molecule has 0 aliphatic heterocycles. The second-order valence-corrected chi connectivity index (χ2v) is 0. The zero-order valence-corrected chi connectivity index (χ0v) is 9.38. The summed E-state index contributed by atoms with van der Waals surface area (Å²) in [6, 6.07) is 0. The van der Waals surface area contributed by atoms with Crippen LogP contribution in [0.15, 0.2) is 0 Å². The van der Waals surface area contributed by atoms with Crippen LogP contribution < -0.4 is 6.15 Å². The van der Waals surface area contributed by atoms with E-state index in [1.807, 2.05) is 0 Å². The summed E-state index contributed by atoms with van der Waals surface area (Å²) in [5, 5.41) is 0. The Kier molecular flexibility index (Phi) is 13400. The average Bonchev–Trinajstić information content (AvgIpc) is 0.